The van der Waals surface area contributed by atoms with E-state index < -0.39 is 0 Å². The summed E-state index contributed by atoms with van der Waals surface area (Å²) in [5.74, 6) is 0.745. The average molecular weight is 294 g/mol. The van der Waals surface area contributed by atoms with Crippen molar-refractivity contribution in [1.29, 1.82) is 0 Å². The van der Waals surface area contributed by atoms with E-state index in [0.717, 1.165) is 12.3 Å². The number of halogens is 1. The molecule has 76 valence electrons. The van der Waals surface area contributed by atoms with Crippen molar-refractivity contribution < 1.29 is 5.11 Å². The largest absolute Gasteiger partial charge is 0.392 e. The second-order valence-corrected chi connectivity index (χ2v) is 4.12. The van der Waals surface area contributed by atoms with Crippen LogP contribution in [0.4, 0.5) is 0 Å². The van der Waals surface area contributed by atoms with Crippen LogP contribution in [0.2, 0.25) is 0 Å². The lowest BCUT2D eigenvalue weighted by Crippen LogP contribution is -1.94. The molecular formula is C11H19IO. The highest BCUT2D eigenvalue weighted by Crippen LogP contribution is 2.17. The second-order valence-electron chi connectivity index (χ2n) is 3.50. The van der Waals surface area contributed by atoms with E-state index in [1.807, 2.05) is 6.08 Å². The van der Waals surface area contributed by atoms with E-state index in [-0.39, 0.29) is 6.61 Å². The predicted octanol–water partition coefficient (Wildman–Crippen LogP) is 3.68. The molecule has 0 saturated carbocycles. The van der Waals surface area contributed by atoms with Crippen LogP contribution in [-0.4, -0.2) is 11.7 Å². The first-order chi connectivity index (χ1) is 6.20. The zero-order chi connectivity index (χ0) is 10.1. The zero-order valence-corrected chi connectivity index (χ0v) is 10.6. The van der Waals surface area contributed by atoms with E-state index in [1.54, 1.807) is 0 Å². The van der Waals surface area contributed by atoms with Gasteiger partial charge >= 0.3 is 0 Å². The van der Waals surface area contributed by atoms with Gasteiger partial charge in [-0.05, 0) is 36.2 Å². The number of aliphatic hydroxyl groups is 1. The van der Waals surface area contributed by atoms with Gasteiger partial charge in [0.15, 0.2) is 0 Å². The molecule has 0 aromatic carbocycles. The number of aliphatic hydroxyl groups excluding tert-OH is 1. The van der Waals surface area contributed by atoms with Gasteiger partial charge in [-0.1, -0.05) is 47.2 Å². The summed E-state index contributed by atoms with van der Waals surface area (Å²) < 4.78 is 2.15. The SMILES string of the molecule is C/C(=C\I)C[C@H](C)CC/C=C/CO. The van der Waals surface area contributed by atoms with E-state index >= 15 is 0 Å². The first-order valence-corrected chi connectivity index (χ1v) is 5.97. The van der Waals surface area contributed by atoms with Gasteiger partial charge in [-0.3, -0.25) is 0 Å². The van der Waals surface area contributed by atoms with Crippen LogP contribution < -0.4 is 0 Å². The third kappa shape index (κ3) is 8.50. The molecule has 0 radical (unpaired) electrons. The molecule has 0 heterocycles. The molecule has 0 bridgehead atoms. The highest BCUT2D eigenvalue weighted by molar-refractivity contribution is 14.1. The Morgan fingerprint density at radius 3 is 2.69 bits per heavy atom. The predicted molar refractivity (Wildman–Crippen MR) is 67.0 cm³/mol. The quantitative estimate of drug-likeness (QED) is 0.585. The van der Waals surface area contributed by atoms with E-state index in [1.165, 1.54) is 18.4 Å². The Balaban J connectivity index is 3.51. The summed E-state index contributed by atoms with van der Waals surface area (Å²) in [5.41, 5.74) is 1.46. The van der Waals surface area contributed by atoms with Gasteiger partial charge in [0.25, 0.3) is 0 Å². The highest BCUT2D eigenvalue weighted by atomic mass is 127. The van der Waals surface area contributed by atoms with Crippen molar-refractivity contribution >= 4 is 22.6 Å². The zero-order valence-electron chi connectivity index (χ0n) is 8.46. The third-order valence-electron chi connectivity index (χ3n) is 1.95. The number of hydrogen-bond donors (Lipinski definition) is 1. The molecular weight excluding hydrogens is 275 g/mol. The molecule has 0 aliphatic rings. The van der Waals surface area contributed by atoms with Crippen molar-refractivity contribution in [1.82, 2.24) is 0 Å². The van der Waals surface area contributed by atoms with E-state index in [9.17, 15) is 0 Å². The Bertz CT molecular complexity index is 173. The van der Waals surface area contributed by atoms with Crippen molar-refractivity contribution in [2.45, 2.75) is 33.1 Å². The standard InChI is InChI=1S/C11H19IO/c1-10(8-11(2)9-12)6-4-3-5-7-13/h3,5,9-10,13H,4,6-8H2,1-2H3/b5-3+,11-9+/t10-/m1/s1. The Kier molecular flexibility index (Phi) is 8.87. The molecule has 1 N–H and O–H groups in total. The van der Waals surface area contributed by atoms with Gasteiger partial charge < -0.3 is 5.11 Å². The maximum Gasteiger partial charge on any atom is 0.0612 e. The van der Waals surface area contributed by atoms with Gasteiger partial charge in [-0.15, -0.1) is 0 Å². The van der Waals surface area contributed by atoms with Crippen LogP contribution in [0.15, 0.2) is 21.8 Å². The van der Waals surface area contributed by atoms with Crippen molar-refractivity contribution in [3.05, 3.63) is 21.8 Å². The molecule has 0 unspecified atom stereocenters. The average Bonchev–Trinajstić information content (AvgIpc) is 2.12. The normalized spacial score (nSPS) is 15.2. The molecule has 0 amide bonds. The smallest absolute Gasteiger partial charge is 0.0612 e. The molecule has 0 fully saturated rings. The minimum Gasteiger partial charge on any atom is -0.392 e. The van der Waals surface area contributed by atoms with Crippen LogP contribution in [0, 0.1) is 5.92 Å². The summed E-state index contributed by atoms with van der Waals surface area (Å²) >= 11 is 2.29. The van der Waals surface area contributed by atoms with Gasteiger partial charge in [0, 0.05) is 0 Å². The second kappa shape index (κ2) is 8.75. The van der Waals surface area contributed by atoms with Crippen LogP contribution in [-0.2, 0) is 0 Å². The molecule has 1 atom stereocenters. The Labute approximate surface area is 95.1 Å². The maximum atomic E-state index is 8.52. The molecule has 13 heavy (non-hydrogen) atoms. The van der Waals surface area contributed by atoms with Crippen LogP contribution in [0.3, 0.4) is 0 Å². The summed E-state index contributed by atoms with van der Waals surface area (Å²) in [6.07, 6.45) is 7.35. The van der Waals surface area contributed by atoms with Crippen LogP contribution >= 0.6 is 22.6 Å². The lowest BCUT2D eigenvalue weighted by Gasteiger charge is -2.09. The van der Waals surface area contributed by atoms with Crippen LogP contribution in [0.25, 0.3) is 0 Å². The molecule has 0 saturated heterocycles. The maximum absolute atomic E-state index is 8.52. The Morgan fingerprint density at radius 1 is 1.46 bits per heavy atom. The molecule has 2 heteroatoms. The summed E-state index contributed by atoms with van der Waals surface area (Å²) in [4.78, 5) is 0. The molecule has 0 spiro atoms. The van der Waals surface area contributed by atoms with E-state index in [2.05, 4.69) is 46.6 Å². The van der Waals surface area contributed by atoms with Gasteiger partial charge in [0.05, 0.1) is 6.61 Å². The Hall–Kier alpha value is 0.170. The number of hydrogen-bond acceptors (Lipinski definition) is 1. The van der Waals surface area contributed by atoms with E-state index in [4.69, 9.17) is 5.11 Å². The monoisotopic (exact) mass is 294 g/mol. The lowest BCUT2D eigenvalue weighted by molar-refractivity contribution is 0.342. The van der Waals surface area contributed by atoms with Gasteiger partial charge in [0.2, 0.25) is 0 Å². The van der Waals surface area contributed by atoms with Crippen molar-refractivity contribution in [3.8, 4) is 0 Å². The summed E-state index contributed by atoms with van der Waals surface area (Å²) in [5, 5.41) is 8.52. The third-order valence-corrected chi connectivity index (χ3v) is 3.02. The first kappa shape index (κ1) is 13.2. The fourth-order valence-corrected chi connectivity index (χ4v) is 1.52. The molecule has 0 rings (SSSR count). The molecule has 0 aromatic rings. The van der Waals surface area contributed by atoms with Crippen LogP contribution in [0.5, 0.6) is 0 Å². The summed E-state index contributed by atoms with van der Waals surface area (Å²) in [6.45, 7) is 4.62. The Morgan fingerprint density at radius 2 is 2.15 bits per heavy atom. The van der Waals surface area contributed by atoms with Crippen molar-refractivity contribution in [2.24, 2.45) is 5.92 Å². The lowest BCUT2D eigenvalue weighted by atomic mass is 9.98. The highest BCUT2D eigenvalue weighted by Gasteiger charge is 2.00. The molecule has 0 aliphatic carbocycles. The summed E-state index contributed by atoms with van der Waals surface area (Å²) in [6, 6.07) is 0. The first-order valence-electron chi connectivity index (χ1n) is 4.72. The van der Waals surface area contributed by atoms with Gasteiger partial charge in [-0.25, -0.2) is 0 Å². The minimum atomic E-state index is 0.168. The molecule has 1 nitrogen and oxygen atoms in total. The van der Waals surface area contributed by atoms with Crippen molar-refractivity contribution in [3.63, 3.8) is 0 Å². The van der Waals surface area contributed by atoms with Crippen LogP contribution in [0.1, 0.15) is 33.1 Å². The minimum absolute atomic E-state index is 0.168. The fourth-order valence-electron chi connectivity index (χ4n) is 1.27. The van der Waals surface area contributed by atoms with Gasteiger partial charge in [-0.2, -0.15) is 0 Å². The summed E-state index contributed by atoms with van der Waals surface area (Å²) in [7, 11) is 0. The van der Waals surface area contributed by atoms with Gasteiger partial charge in [0.1, 0.15) is 0 Å². The van der Waals surface area contributed by atoms with Crippen molar-refractivity contribution in [2.75, 3.05) is 6.61 Å². The molecule has 0 aromatic heterocycles. The number of rotatable bonds is 6. The van der Waals surface area contributed by atoms with E-state index in [0.29, 0.717) is 0 Å². The fraction of sp³-hybridized carbons (Fsp3) is 0.636. The molecule has 0 aliphatic heterocycles. The number of allylic oxidation sites excluding steroid dienone is 2. The topological polar surface area (TPSA) is 20.2 Å².